The van der Waals surface area contributed by atoms with Crippen LogP contribution < -0.4 is 4.74 Å². The van der Waals surface area contributed by atoms with Crippen molar-refractivity contribution < 1.29 is 4.74 Å². The van der Waals surface area contributed by atoms with Gasteiger partial charge in [0.15, 0.2) is 0 Å². The van der Waals surface area contributed by atoms with Crippen LogP contribution in [0.4, 0.5) is 0 Å². The molecule has 96 valence electrons. The van der Waals surface area contributed by atoms with Gasteiger partial charge in [0.1, 0.15) is 6.33 Å². The predicted molar refractivity (Wildman–Crippen MR) is 70.7 cm³/mol. The van der Waals surface area contributed by atoms with Crippen LogP contribution in [0.2, 0.25) is 0 Å². The Morgan fingerprint density at radius 1 is 1.29 bits per heavy atom. The number of unbranched alkanes of at least 4 members (excludes halogenated alkanes) is 3. The zero-order chi connectivity index (χ0) is 12.5. The van der Waals surface area contributed by atoms with Crippen LogP contribution in [0.25, 0.3) is 0 Å². The summed E-state index contributed by atoms with van der Waals surface area (Å²) in [5, 5.41) is 0.159. The summed E-state index contributed by atoms with van der Waals surface area (Å²) in [5.74, 6) is 0.602. The van der Waals surface area contributed by atoms with E-state index in [4.69, 9.17) is 16.3 Å². The molecule has 0 aliphatic heterocycles. The van der Waals surface area contributed by atoms with E-state index in [-0.39, 0.29) is 5.38 Å². The van der Waals surface area contributed by atoms with Crippen molar-refractivity contribution in [1.82, 2.24) is 9.97 Å². The third-order valence-corrected chi connectivity index (χ3v) is 3.08. The maximum absolute atomic E-state index is 6.29. The van der Waals surface area contributed by atoms with E-state index < -0.39 is 0 Å². The molecule has 1 heterocycles. The summed E-state index contributed by atoms with van der Waals surface area (Å²) in [6.07, 6.45) is 8.38. The molecule has 0 aliphatic rings. The Morgan fingerprint density at radius 2 is 2.12 bits per heavy atom. The molecular formula is C13H21ClN2O. The first kappa shape index (κ1) is 14.2. The Bertz CT molecular complexity index is 320. The standard InChI is InChI=1S/C13H21ClN2O/c1-3-4-5-6-7-11(14)8-12-9-13(17-2)16-10-15-12/h9-11H,3-8H2,1-2H3. The smallest absolute Gasteiger partial charge is 0.216 e. The molecule has 0 amide bonds. The molecule has 0 fully saturated rings. The maximum Gasteiger partial charge on any atom is 0.216 e. The minimum Gasteiger partial charge on any atom is -0.481 e. The Balaban J connectivity index is 2.31. The van der Waals surface area contributed by atoms with E-state index in [1.165, 1.54) is 32.0 Å². The number of ether oxygens (including phenoxy) is 1. The van der Waals surface area contributed by atoms with Gasteiger partial charge in [-0.25, -0.2) is 9.97 Å². The molecule has 1 atom stereocenters. The van der Waals surface area contributed by atoms with Gasteiger partial charge in [-0.15, -0.1) is 11.6 Å². The highest BCUT2D eigenvalue weighted by Gasteiger charge is 2.08. The van der Waals surface area contributed by atoms with Gasteiger partial charge in [-0.2, -0.15) is 0 Å². The lowest BCUT2D eigenvalue weighted by molar-refractivity contribution is 0.395. The summed E-state index contributed by atoms with van der Waals surface area (Å²) >= 11 is 6.29. The second-order valence-corrected chi connectivity index (χ2v) is 4.82. The van der Waals surface area contributed by atoms with Gasteiger partial charge in [-0.1, -0.05) is 32.6 Å². The summed E-state index contributed by atoms with van der Waals surface area (Å²) in [6, 6.07) is 1.85. The van der Waals surface area contributed by atoms with Crippen LogP contribution in [0.3, 0.4) is 0 Å². The molecule has 0 N–H and O–H groups in total. The van der Waals surface area contributed by atoms with Gasteiger partial charge in [0, 0.05) is 23.6 Å². The van der Waals surface area contributed by atoms with Crippen molar-refractivity contribution in [2.24, 2.45) is 0 Å². The van der Waals surface area contributed by atoms with Crippen molar-refractivity contribution in [2.45, 2.75) is 50.8 Å². The molecule has 0 aliphatic carbocycles. The predicted octanol–water partition coefficient (Wildman–Crippen LogP) is 3.61. The SMILES string of the molecule is CCCCCCC(Cl)Cc1cc(OC)ncn1. The molecule has 0 bridgehead atoms. The topological polar surface area (TPSA) is 35.0 Å². The molecule has 0 aromatic carbocycles. The Labute approximate surface area is 109 Å². The zero-order valence-electron chi connectivity index (χ0n) is 10.7. The minimum atomic E-state index is 0.159. The molecule has 1 unspecified atom stereocenters. The lowest BCUT2D eigenvalue weighted by Gasteiger charge is -2.09. The summed E-state index contributed by atoms with van der Waals surface area (Å²) in [7, 11) is 1.61. The summed E-state index contributed by atoms with van der Waals surface area (Å²) < 4.78 is 5.06. The molecule has 17 heavy (non-hydrogen) atoms. The van der Waals surface area contributed by atoms with E-state index in [2.05, 4.69) is 16.9 Å². The fourth-order valence-corrected chi connectivity index (χ4v) is 2.03. The monoisotopic (exact) mass is 256 g/mol. The van der Waals surface area contributed by atoms with E-state index in [0.29, 0.717) is 5.88 Å². The number of hydrogen-bond donors (Lipinski definition) is 0. The fraction of sp³-hybridized carbons (Fsp3) is 0.692. The van der Waals surface area contributed by atoms with Gasteiger partial charge in [-0.05, 0) is 6.42 Å². The highest BCUT2D eigenvalue weighted by Crippen LogP contribution is 2.16. The number of nitrogens with zero attached hydrogens (tertiary/aromatic N) is 2. The first-order valence-corrected chi connectivity index (χ1v) is 6.69. The van der Waals surface area contributed by atoms with E-state index in [0.717, 1.165) is 18.5 Å². The van der Waals surface area contributed by atoms with Gasteiger partial charge in [-0.3, -0.25) is 0 Å². The maximum atomic E-state index is 6.29. The van der Waals surface area contributed by atoms with E-state index in [1.54, 1.807) is 7.11 Å². The number of methoxy groups -OCH3 is 1. The molecule has 4 heteroatoms. The summed E-state index contributed by atoms with van der Waals surface area (Å²) in [6.45, 7) is 2.21. The molecule has 1 aromatic heterocycles. The number of aromatic nitrogens is 2. The average molecular weight is 257 g/mol. The van der Waals surface area contributed by atoms with Gasteiger partial charge in [0.05, 0.1) is 7.11 Å². The number of alkyl halides is 1. The number of hydrogen-bond acceptors (Lipinski definition) is 3. The van der Waals surface area contributed by atoms with Crippen molar-refractivity contribution in [1.29, 1.82) is 0 Å². The second-order valence-electron chi connectivity index (χ2n) is 4.20. The van der Waals surface area contributed by atoms with E-state index in [1.807, 2.05) is 6.07 Å². The quantitative estimate of drug-likeness (QED) is 0.527. The van der Waals surface area contributed by atoms with Crippen LogP contribution in [0.15, 0.2) is 12.4 Å². The van der Waals surface area contributed by atoms with Crippen LogP contribution in [-0.2, 0) is 6.42 Å². The lowest BCUT2D eigenvalue weighted by Crippen LogP contribution is -2.05. The molecule has 0 spiro atoms. The van der Waals surface area contributed by atoms with Gasteiger partial charge in [0.2, 0.25) is 5.88 Å². The Morgan fingerprint density at radius 3 is 2.82 bits per heavy atom. The third kappa shape index (κ3) is 5.87. The highest BCUT2D eigenvalue weighted by atomic mass is 35.5. The number of rotatable bonds is 8. The Kier molecular flexibility index (Phi) is 6.94. The molecule has 0 saturated heterocycles. The van der Waals surface area contributed by atoms with Crippen molar-refractivity contribution in [2.75, 3.05) is 7.11 Å². The minimum absolute atomic E-state index is 0.159. The molecule has 3 nitrogen and oxygen atoms in total. The van der Waals surface area contributed by atoms with Crippen LogP contribution >= 0.6 is 11.6 Å². The summed E-state index contributed by atoms with van der Waals surface area (Å²) in [5.41, 5.74) is 0.951. The molecular weight excluding hydrogens is 236 g/mol. The average Bonchev–Trinajstić information content (AvgIpc) is 2.35. The summed E-state index contributed by atoms with van der Waals surface area (Å²) in [4.78, 5) is 8.17. The number of halogens is 1. The first-order chi connectivity index (χ1) is 8.26. The van der Waals surface area contributed by atoms with Crippen LogP contribution in [0.5, 0.6) is 5.88 Å². The third-order valence-electron chi connectivity index (χ3n) is 2.71. The highest BCUT2D eigenvalue weighted by molar-refractivity contribution is 6.20. The zero-order valence-corrected chi connectivity index (χ0v) is 11.4. The van der Waals surface area contributed by atoms with E-state index >= 15 is 0 Å². The Hall–Kier alpha value is -0.830. The first-order valence-electron chi connectivity index (χ1n) is 6.25. The van der Waals surface area contributed by atoms with Crippen LogP contribution in [-0.4, -0.2) is 22.5 Å². The largest absolute Gasteiger partial charge is 0.481 e. The lowest BCUT2D eigenvalue weighted by atomic mass is 10.1. The molecule has 1 rings (SSSR count). The van der Waals surface area contributed by atoms with Crippen molar-refractivity contribution in [3.8, 4) is 5.88 Å². The normalized spacial score (nSPS) is 12.4. The van der Waals surface area contributed by atoms with Crippen molar-refractivity contribution in [3.05, 3.63) is 18.1 Å². The second kappa shape index (κ2) is 8.29. The van der Waals surface area contributed by atoms with Crippen molar-refractivity contribution >= 4 is 11.6 Å². The van der Waals surface area contributed by atoms with Crippen LogP contribution in [0, 0.1) is 0 Å². The van der Waals surface area contributed by atoms with Gasteiger partial charge >= 0.3 is 0 Å². The molecule has 0 radical (unpaired) electrons. The fourth-order valence-electron chi connectivity index (χ4n) is 1.72. The molecule has 1 aromatic rings. The van der Waals surface area contributed by atoms with Gasteiger partial charge in [0.25, 0.3) is 0 Å². The van der Waals surface area contributed by atoms with E-state index in [9.17, 15) is 0 Å². The van der Waals surface area contributed by atoms with Crippen LogP contribution in [0.1, 0.15) is 44.7 Å². The van der Waals surface area contributed by atoms with Crippen molar-refractivity contribution in [3.63, 3.8) is 0 Å². The van der Waals surface area contributed by atoms with Gasteiger partial charge < -0.3 is 4.74 Å². The molecule has 0 saturated carbocycles.